The number of fused-ring (bicyclic) bond motifs is 1. The van der Waals surface area contributed by atoms with E-state index in [0.717, 1.165) is 23.1 Å². The normalized spacial score (nSPS) is 14.3. The zero-order valence-electron chi connectivity index (χ0n) is 9.55. The number of benzene rings is 1. The van der Waals surface area contributed by atoms with Gasteiger partial charge >= 0.3 is 0 Å². The fourth-order valence-corrected chi connectivity index (χ4v) is 2.82. The van der Waals surface area contributed by atoms with Crippen LogP contribution in [0.3, 0.4) is 0 Å². The average Bonchev–Trinajstić information content (AvgIpc) is 2.26. The van der Waals surface area contributed by atoms with Crippen LogP contribution < -0.4 is 4.74 Å². The summed E-state index contributed by atoms with van der Waals surface area (Å²) < 4.78 is 11.5. The number of rotatable bonds is 3. The fourth-order valence-electron chi connectivity index (χ4n) is 2.03. The van der Waals surface area contributed by atoms with Crippen molar-refractivity contribution in [3.63, 3.8) is 0 Å². The van der Waals surface area contributed by atoms with Crippen LogP contribution in [0.2, 0.25) is 0 Å². The van der Waals surface area contributed by atoms with Crippen molar-refractivity contribution in [2.24, 2.45) is 0 Å². The Hall–Kier alpha value is -0.800. The Kier molecular flexibility index (Phi) is 3.66. The second-order valence-corrected chi connectivity index (χ2v) is 4.77. The van der Waals surface area contributed by atoms with Gasteiger partial charge in [0.1, 0.15) is 5.75 Å². The summed E-state index contributed by atoms with van der Waals surface area (Å²) in [6, 6.07) is 4.11. The Bertz CT molecular complexity index is 424. The Morgan fingerprint density at radius 3 is 2.94 bits per heavy atom. The predicted molar refractivity (Wildman–Crippen MR) is 68.6 cm³/mol. The van der Waals surface area contributed by atoms with E-state index in [2.05, 4.69) is 35.0 Å². The van der Waals surface area contributed by atoms with Crippen LogP contribution in [0.1, 0.15) is 24.5 Å². The van der Waals surface area contributed by atoms with Crippen molar-refractivity contribution in [2.45, 2.75) is 19.8 Å². The van der Waals surface area contributed by atoms with Crippen molar-refractivity contribution in [3.05, 3.63) is 33.8 Å². The quantitative estimate of drug-likeness (QED) is 0.786. The lowest BCUT2D eigenvalue weighted by molar-refractivity contribution is 0.0510. The van der Waals surface area contributed by atoms with E-state index in [4.69, 9.17) is 9.47 Å². The summed E-state index contributed by atoms with van der Waals surface area (Å²) in [5.74, 6) is 0.863. The molecule has 1 aliphatic carbocycles. The fraction of sp³-hybridized carbons (Fsp3) is 0.385. The number of hydrogen-bond acceptors (Lipinski definition) is 2. The summed E-state index contributed by atoms with van der Waals surface area (Å²) in [6.07, 6.45) is 4.47. The topological polar surface area (TPSA) is 18.5 Å². The Balaban J connectivity index is 2.35. The Morgan fingerprint density at radius 2 is 2.19 bits per heavy atom. The van der Waals surface area contributed by atoms with Gasteiger partial charge in [0.05, 0.1) is 0 Å². The van der Waals surface area contributed by atoms with Crippen molar-refractivity contribution in [1.82, 2.24) is 0 Å². The lowest BCUT2D eigenvalue weighted by atomic mass is 9.91. The van der Waals surface area contributed by atoms with E-state index in [1.54, 1.807) is 7.11 Å². The molecule has 1 aliphatic rings. The van der Waals surface area contributed by atoms with Gasteiger partial charge in [0.2, 0.25) is 0 Å². The van der Waals surface area contributed by atoms with Crippen molar-refractivity contribution >= 4 is 21.5 Å². The monoisotopic (exact) mass is 282 g/mol. The molecule has 0 saturated carbocycles. The van der Waals surface area contributed by atoms with Crippen LogP contribution in [0.4, 0.5) is 0 Å². The maximum atomic E-state index is 5.47. The molecule has 3 heteroatoms. The van der Waals surface area contributed by atoms with Gasteiger partial charge in [-0.15, -0.1) is 0 Å². The molecule has 0 radical (unpaired) electrons. The molecule has 0 spiro atoms. The number of aryl methyl sites for hydroxylation is 1. The SMILES string of the molecule is COCOc1cc(Br)c2c(c1)CCC=C2C. The molecular weight excluding hydrogens is 268 g/mol. The number of allylic oxidation sites excluding steroid dienone is 2. The summed E-state index contributed by atoms with van der Waals surface area (Å²) in [5, 5.41) is 0. The predicted octanol–water partition coefficient (Wildman–Crippen LogP) is 3.78. The molecule has 0 unspecified atom stereocenters. The number of methoxy groups -OCH3 is 1. The highest BCUT2D eigenvalue weighted by Gasteiger charge is 2.14. The second kappa shape index (κ2) is 5.02. The molecule has 0 N–H and O–H groups in total. The summed E-state index contributed by atoms with van der Waals surface area (Å²) >= 11 is 3.60. The first-order chi connectivity index (χ1) is 7.72. The van der Waals surface area contributed by atoms with E-state index in [0.29, 0.717) is 6.79 Å². The molecule has 0 heterocycles. The molecule has 0 fully saturated rings. The molecule has 2 nitrogen and oxygen atoms in total. The smallest absolute Gasteiger partial charge is 0.188 e. The molecule has 0 aromatic heterocycles. The van der Waals surface area contributed by atoms with Crippen LogP contribution in [-0.4, -0.2) is 13.9 Å². The highest BCUT2D eigenvalue weighted by molar-refractivity contribution is 9.10. The van der Waals surface area contributed by atoms with Gasteiger partial charge in [-0.3, -0.25) is 0 Å². The second-order valence-electron chi connectivity index (χ2n) is 3.92. The largest absolute Gasteiger partial charge is 0.468 e. The maximum absolute atomic E-state index is 5.47. The standard InChI is InChI=1S/C13H15BrO2/c1-9-4-3-5-10-6-11(16-8-15-2)7-12(14)13(9)10/h4,6-7H,3,5,8H2,1-2H3. The minimum Gasteiger partial charge on any atom is -0.468 e. The lowest BCUT2D eigenvalue weighted by Crippen LogP contribution is -2.03. The molecule has 0 amide bonds. The van der Waals surface area contributed by atoms with Gasteiger partial charge < -0.3 is 9.47 Å². The third kappa shape index (κ3) is 2.30. The maximum Gasteiger partial charge on any atom is 0.188 e. The molecule has 0 aliphatic heterocycles. The molecule has 0 bridgehead atoms. The van der Waals surface area contributed by atoms with E-state index in [1.165, 1.54) is 16.7 Å². The lowest BCUT2D eigenvalue weighted by Gasteiger charge is -2.18. The molecule has 2 rings (SSSR count). The van der Waals surface area contributed by atoms with Gasteiger partial charge in [0.25, 0.3) is 0 Å². The number of ether oxygens (including phenoxy) is 2. The molecule has 16 heavy (non-hydrogen) atoms. The van der Waals surface area contributed by atoms with Crippen LogP contribution in [0.15, 0.2) is 22.7 Å². The molecule has 0 atom stereocenters. The van der Waals surface area contributed by atoms with Gasteiger partial charge in [-0.05, 0) is 48.6 Å². The van der Waals surface area contributed by atoms with Crippen LogP contribution in [0.25, 0.3) is 5.57 Å². The van der Waals surface area contributed by atoms with Crippen molar-refractivity contribution in [2.75, 3.05) is 13.9 Å². The third-order valence-electron chi connectivity index (χ3n) is 2.75. The van der Waals surface area contributed by atoms with Gasteiger partial charge in [0.15, 0.2) is 6.79 Å². The van der Waals surface area contributed by atoms with Gasteiger partial charge in [-0.2, -0.15) is 0 Å². The van der Waals surface area contributed by atoms with Gasteiger partial charge in [0, 0.05) is 11.6 Å². The number of halogens is 1. The van der Waals surface area contributed by atoms with Gasteiger partial charge in [-0.25, -0.2) is 0 Å². The van der Waals surface area contributed by atoms with Crippen molar-refractivity contribution in [1.29, 1.82) is 0 Å². The minimum atomic E-state index is 0.292. The van der Waals surface area contributed by atoms with Crippen LogP contribution in [0, 0.1) is 0 Å². The molecular formula is C13H15BrO2. The molecule has 1 aromatic rings. The molecule has 0 saturated heterocycles. The third-order valence-corrected chi connectivity index (χ3v) is 3.37. The number of hydrogen-bond donors (Lipinski definition) is 0. The average molecular weight is 283 g/mol. The van der Waals surface area contributed by atoms with Crippen LogP contribution in [-0.2, 0) is 11.2 Å². The molecule has 1 aromatic carbocycles. The zero-order valence-corrected chi connectivity index (χ0v) is 11.1. The Morgan fingerprint density at radius 1 is 1.38 bits per heavy atom. The van der Waals surface area contributed by atoms with E-state index < -0.39 is 0 Å². The van der Waals surface area contributed by atoms with E-state index in [9.17, 15) is 0 Å². The first-order valence-corrected chi connectivity index (χ1v) is 6.13. The van der Waals surface area contributed by atoms with E-state index in [-0.39, 0.29) is 0 Å². The minimum absolute atomic E-state index is 0.292. The highest BCUT2D eigenvalue weighted by Crippen LogP contribution is 2.35. The van der Waals surface area contributed by atoms with Gasteiger partial charge in [-0.1, -0.05) is 22.0 Å². The molecule has 86 valence electrons. The van der Waals surface area contributed by atoms with Crippen LogP contribution >= 0.6 is 15.9 Å². The highest BCUT2D eigenvalue weighted by atomic mass is 79.9. The first-order valence-electron chi connectivity index (χ1n) is 5.33. The van der Waals surface area contributed by atoms with E-state index in [1.807, 2.05) is 6.07 Å². The summed E-state index contributed by atoms with van der Waals surface area (Å²) in [4.78, 5) is 0. The van der Waals surface area contributed by atoms with Crippen molar-refractivity contribution in [3.8, 4) is 5.75 Å². The van der Waals surface area contributed by atoms with E-state index >= 15 is 0 Å². The summed E-state index contributed by atoms with van der Waals surface area (Å²) in [5.41, 5.74) is 4.00. The first kappa shape index (κ1) is 11.7. The van der Waals surface area contributed by atoms with Crippen molar-refractivity contribution < 1.29 is 9.47 Å². The summed E-state index contributed by atoms with van der Waals surface area (Å²) in [7, 11) is 1.63. The van der Waals surface area contributed by atoms with Crippen LogP contribution in [0.5, 0.6) is 5.75 Å². The summed E-state index contributed by atoms with van der Waals surface area (Å²) in [6.45, 7) is 2.44. The zero-order chi connectivity index (χ0) is 11.5. The Labute approximate surface area is 104 Å².